The Balaban J connectivity index is 1.58. The van der Waals surface area contributed by atoms with E-state index in [0.717, 1.165) is 27.8 Å². The molecule has 3 aromatic carbocycles. The van der Waals surface area contributed by atoms with E-state index >= 15 is 0 Å². The van der Waals surface area contributed by atoms with Crippen molar-refractivity contribution in [3.8, 4) is 5.75 Å². The number of phenolic OH excluding ortho intramolecular Hbond substituents is 1. The van der Waals surface area contributed by atoms with Crippen LogP contribution in [0.1, 0.15) is 0 Å². The fourth-order valence-corrected chi connectivity index (χ4v) is 3.11. The molecule has 0 aliphatic carbocycles. The molecule has 1 heterocycles. The molecule has 28 heavy (non-hydrogen) atoms. The number of carbonyl (C=O) groups is 1. The van der Waals surface area contributed by atoms with Gasteiger partial charge in [-0.1, -0.05) is 30.3 Å². The van der Waals surface area contributed by atoms with Crippen molar-refractivity contribution < 1.29 is 9.90 Å². The number of pyridine rings is 1. The first kappa shape index (κ1) is 17.5. The van der Waals surface area contributed by atoms with Crippen LogP contribution in [0.2, 0.25) is 0 Å². The van der Waals surface area contributed by atoms with Crippen molar-refractivity contribution in [3.63, 3.8) is 0 Å². The van der Waals surface area contributed by atoms with Gasteiger partial charge in [0.05, 0.1) is 0 Å². The topological polar surface area (TPSA) is 65.5 Å². The number of nitrogens with one attached hydrogen (secondary N) is 1. The second-order valence-electron chi connectivity index (χ2n) is 6.43. The standard InChI is InChI=1S/C23H19N3O2/c27-22-8-4-7-21(14-22)26(20-5-2-1-3-6-20)16-23(28)25-19-10-9-18-15-24-12-11-17(18)13-19/h1-15,27H,16H2,(H,25,28). The number of aromatic hydroxyl groups is 1. The largest absolute Gasteiger partial charge is 0.508 e. The summed E-state index contributed by atoms with van der Waals surface area (Å²) in [6, 6.07) is 24.1. The summed E-state index contributed by atoms with van der Waals surface area (Å²) in [5, 5.41) is 14.8. The Morgan fingerprint density at radius 1 is 0.893 bits per heavy atom. The number of benzene rings is 3. The molecule has 138 valence electrons. The molecule has 0 atom stereocenters. The number of hydrogen-bond donors (Lipinski definition) is 2. The van der Waals surface area contributed by atoms with Crippen LogP contribution in [0, 0.1) is 0 Å². The summed E-state index contributed by atoms with van der Waals surface area (Å²) in [7, 11) is 0. The molecule has 0 spiro atoms. The van der Waals surface area contributed by atoms with Crippen molar-refractivity contribution in [1.29, 1.82) is 0 Å². The van der Waals surface area contributed by atoms with Crippen molar-refractivity contribution in [2.45, 2.75) is 0 Å². The molecular formula is C23H19N3O2. The number of phenols is 1. The minimum Gasteiger partial charge on any atom is -0.508 e. The number of nitrogens with zero attached hydrogens (tertiary/aromatic N) is 2. The van der Waals surface area contributed by atoms with Gasteiger partial charge in [0.2, 0.25) is 5.91 Å². The Bertz CT molecular complexity index is 1110. The number of fused-ring (bicyclic) bond motifs is 1. The molecule has 4 rings (SSSR count). The third-order valence-corrected chi connectivity index (χ3v) is 4.44. The number of amides is 1. The zero-order valence-electron chi connectivity index (χ0n) is 15.1. The van der Waals surface area contributed by atoms with Crippen LogP contribution in [0.15, 0.2) is 91.3 Å². The first-order valence-electron chi connectivity index (χ1n) is 8.94. The van der Waals surface area contributed by atoms with E-state index in [4.69, 9.17) is 0 Å². The molecule has 5 heteroatoms. The van der Waals surface area contributed by atoms with Crippen molar-refractivity contribution in [2.75, 3.05) is 16.8 Å². The Labute approximate surface area is 162 Å². The highest BCUT2D eigenvalue weighted by Crippen LogP contribution is 2.28. The Hall–Kier alpha value is -3.86. The first-order valence-corrected chi connectivity index (χ1v) is 8.94. The lowest BCUT2D eigenvalue weighted by Crippen LogP contribution is -2.29. The second kappa shape index (κ2) is 7.80. The average molecular weight is 369 g/mol. The number of para-hydroxylation sites is 1. The van der Waals surface area contributed by atoms with Crippen LogP contribution >= 0.6 is 0 Å². The van der Waals surface area contributed by atoms with Crippen molar-refractivity contribution in [3.05, 3.63) is 91.3 Å². The molecule has 5 nitrogen and oxygen atoms in total. The molecule has 4 aromatic rings. The number of anilines is 3. The minimum atomic E-state index is -0.152. The summed E-state index contributed by atoms with van der Waals surface area (Å²) in [5.41, 5.74) is 2.34. The Morgan fingerprint density at radius 2 is 1.71 bits per heavy atom. The molecule has 0 saturated carbocycles. The molecule has 0 unspecified atom stereocenters. The number of aromatic nitrogens is 1. The maximum absolute atomic E-state index is 12.8. The summed E-state index contributed by atoms with van der Waals surface area (Å²) >= 11 is 0. The van der Waals surface area contributed by atoms with Gasteiger partial charge in [-0.05, 0) is 47.9 Å². The van der Waals surface area contributed by atoms with Gasteiger partial charge in [-0.25, -0.2) is 0 Å². The number of hydrogen-bond acceptors (Lipinski definition) is 4. The molecule has 0 aliphatic heterocycles. The van der Waals surface area contributed by atoms with Crippen LogP contribution < -0.4 is 10.2 Å². The van der Waals surface area contributed by atoms with Crippen LogP contribution in [0.5, 0.6) is 5.75 Å². The highest BCUT2D eigenvalue weighted by molar-refractivity contribution is 5.97. The van der Waals surface area contributed by atoms with Gasteiger partial charge in [0, 0.05) is 40.9 Å². The number of carbonyl (C=O) groups excluding carboxylic acids is 1. The van der Waals surface area contributed by atoms with E-state index in [9.17, 15) is 9.90 Å². The summed E-state index contributed by atoms with van der Waals surface area (Å²) in [6.07, 6.45) is 3.52. The zero-order valence-corrected chi connectivity index (χ0v) is 15.1. The zero-order chi connectivity index (χ0) is 19.3. The van der Waals surface area contributed by atoms with Gasteiger partial charge in [-0.3, -0.25) is 9.78 Å². The van der Waals surface area contributed by atoms with E-state index in [0.29, 0.717) is 0 Å². The van der Waals surface area contributed by atoms with Crippen LogP contribution in [-0.4, -0.2) is 22.5 Å². The summed E-state index contributed by atoms with van der Waals surface area (Å²) in [5.74, 6) is 0.00239. The van der Waals surface area contributed by atoms with Gasteiger partial charge in [-0.15, -0.1) is 0 Å². The molecule has 0 saturated heterocycles. The third kappa shape index (κ3) is 3.94. The van der Waals surface area contributed by atoms with Crippen molar-refractivity contribution in [1.82, 2.24) is 4.98 Å². The Kier molecular flexibility index (Phi) is 4.89. The molecule has 0 bridgehead atoms. The molecular weight excluding hydrogens is 350 g/mol. The van der Waals surface area contributed by atoms with Crippen LogP contribution in [0.4, 0.5) is 17.1 Å². The minimum absolute atomic E-state index is 0.113. The average Bonchev–Trinajstić information content (AvgIpc) is 2.72. The van der Waals surface area contributed by atoms with Crippen LogP contribution in [0.25, 0.3) is 10.8 Å². The SMILES string of the molecule is O=C(CN(c1ccccc1)c1cccc(O)c1)Nc1ccc2cnccc2c1. The van der Waals surface area contributed by atoms with Crippen LogP contribution in [0.3, 0.4) is 0 Å². The maximum atomic E-state index is 12.8. The van der Waals surface area contributed by atoms with Gasteiger partial charge in [-0.2, -0.15) is 0 Å². The first-order chi connectivity index (χ1) is 13.7. The molecule has 2 N–H and O–H groups in total. The summed E-state index contributed by atoms with van der Waals surface area (Å²) in [6.45, 7) is 0.113. The monoisotopic (exact) mass is 369 g/mol. The lowest BCUT2D eigenvalue weighted by Gasteiger charge is -2.24. The van der Waals surface area contributed by atoms with E-state index in [-0.39, 0.29) is 18.2 Å². The molecule has 0 aliphatic rings. The fraction of sp³-hybridized carbons (Fsp3) is 0.0435. The predicted molar refractivity (Wildman–Crippen MR) is 112 cm³/mol. The van der Waals surface area contributed by atoms with Crippen molar-refractivity contribution >= 4 is 33.7 Å². The van der Waals surface area contributed by atoms with E-state index in [1.54, 1.807) is 30.6 Å². The van der Waals surface area contributed by atoms with E-state index < -0.39 is 0 Å². The second-order valence-corrected chi connectivity index (χ2v) is 6.43. The van der Waals surface area contributed by atoms with Gasteiger partial charge < -0.3 is 15.3 Å². The third-order valence-electron chi connectivity index (χ3n) is 4.44. The normalized spacial score (nSPS) is 10.6. The van der Waals surface area contributed by atoms with E-state index in [1.165, 1.54) is 0 Å². The van der Waals surface area contributed by atoms with E-state index in [2.05, 4.69) is 10.3 Å². The van der Waals surface area contributed by atoms with Gasteiger partial charge in [0.15, 0.2) is 0 Å². The van der Waals surface area contributed by atoms with Gasteiger partial charge in [0.1, 0.15) is 12.3 Å². The molecule has 1 aromatic heterocycles. The molecule has 0 fully saturated rings. The lowest BCUT2D eigenvalue weighted by atomic mass is 10.1. The molecule has 1 amide bonds. The lowest BCUT2D eigenvalue weighted by molar-refractivity contribution is -0.114. The quantitative estimate of drug-likeness (QED) is 0.534. The maximum Gasteiger partial charge on any atom is 0.244 e. The fourth-order valence-electron chi connectivity index (χ4n) is 3.11. The van der Waals surface area contributed by atoms with Crippen molar-refractivity contribution in [2.24, 2.45) is 0 Å². The van der Waals surface area contributed by atoms with Crippen LogP contribution in [-0.2, 0) is 4.79 Å². The predicted octanol–water partition coefficient (Wildman–Crippen LogP) is 4.72. The summed E-state index contributed by atoms with van der Waals surface area (Å²) in [4.78, 5) is 18.7. The highest BCUT2D eigenvalue weighted by atomic mass is 16.3. The van der Waals surface area contributed by atoms with Gasteiger partial charge in [0.25, 0.3) is 0 Å². The van der Waals surface area contributed by atoms with E-state index in [1.807, 2.05) is 65.6 Å². The Morgan fingerprint density at radius 3 is 2.54 bits per heavy atom. The molecule has 0 radical (unpaired) electrons. The van der Waals surface area contributed by atoms with Gasteiger partial charge >= 0.3 is 0 Å². The summed E-state index contributed by atoms with van der Waals surface area (Å²) < 4.78 is 0. The number of rotatable bonds is 5. The highest BCUT2D eigenvalue weighted by Gasteiger charge is 2.14. The smallest absolute Gasteiger partial charge is 0.244 e.